The fourth-order valence-corrected chi connectivity index (χ4v) is 2.78. The Morgan fingerprint density at radius 3 is 2.58 bits per heavy atom. The van der Waals surface area contributed by atoms with Gasteiger partial charge in [0.25, 0.3) is 0 Å². The van der Waals surface area contributed by atoms with E-state index in [-0.39, 0.29) is 5.41 Å². The molecule has 0 radical (unpaired) electrons. The van der Waals surface area contributed by atoms with E-state index in [2.05, 4.69) is 10.3 Å². The molecule has 1 amide bonds. The maximum absolute atomic E-state index is 12.1. The van der Waals surface area contributed by atoms with Gasteiger partial charge in [-0.2, -0.15) is 0 Å². The first-order valence-corrected chi connectivity index (χ1v) is 7.95. The molecule has 1 saturated carbocycles. The number of aromatic nitrogens is 1. The van der Waals surface area contributed by atoms with Crippen LogP contribution in [-0.4, -0.2) is 35.8 Å². The molecule has 0 aromatic carbocycles. The molecule has 7 nitrogen and oxygen atoms in total. The third-order valence-corrected chi connectivity index (χ3v) is 4.03. The standard InChI is InChI=1S/C17H25N3O4/c1-16(2,3)24-15(22)20-12(14(21)23-4)10-17(7-8-17)11-6-5-9-19-13(11)18/h5-6,9,12H,7-8,10H2,1-4H3,(H2,18,19)(H,20,22). The molecule has 2 rings (SSSR count). The lowest BCUT2D eigenvalue weighted by Gasteiger charge is -2.25. The molecule has 0 bridgehead atoms. The van der Waals surface area contributed by atoms with E-state index in [1.165, 1.54) is 7.11 Å². The number of esters is 1. The van der Waals surface area contributed by atoms with E-state index >= 15 is 0 Å². The van der Waals surface area contributed by atoms with Gasteiger partial charge in [0.1, 0.15) is 17.5 Å². The normalized spacial score (nSPS) is 16.8. The molecule has 1 atom stereocenters. The predicted molar refractivity (Wildman–Crippen MR) is 89.4 cm³/mol. The third-order valence-electron chi connectivity index (χ3n) is 4.03. The smallest absolute Gasteiger partial charge is 0.408 e. The monoisotopic (exact) mass is 335 g/mol. The Kier molecular flexibility index (Phi) is 5.01. The van der Waals surface area contributed by atoms with Gasteiger partial charge < -0.3 is 20.5 Å². The Morgan fingerprint density at radius 2 is 2.08 bits per heavy atom. The zero-order valence-corrected chi connectivity index (χ0v) is 14.6. The molecule has 3 N–H and O–H groups in total. The summed E-state index contributed by atoms with van der Waals surface area (Å²) >= 11 is 0. The van der Waals surface area contributed by atoms with Crippen molar-refractivity contribution in [3.63, 3.8) is 0 Å². The molecule has 1 fully saturated rings. The number of ether oxygens (including phenoxy) is 2. The SMILES string of the molecule is COC(=O)C(CC1(c2cccnc2N)CC1)NC(=O)OC(C)(C)C. The van der Waals surface area contributed by atoms with Gasteiger partial charge >= 0.3 is 12.1 Å². The van der Waals surface area contributed by atoms with Gasteiger partial charge in [0, 0.05) is 17.2 Å². The molecular formula is C17H25N3O4. The molecule has 0 saturated heterocycles. The summed E-state index contributed by atoms with van der Waals surface area (Å²) in [5.41, 5.74) is 5.98. The van der Waals surface area contributed by atoms with Gasteiger partial charge in [-0.1, -0.05) is 6.07 Å². The Balaban J connectivity index is 2.14. The molecule has 132 valence electrons. The van der Waals surface area contributed by atoms with Crippen LogP contribution in [0.2, 0.25) is 0 Å². The zero-order chi connectivity index (χ0) is 18.0. The van der Waals surface area contributed by atoms with Crippen LogP contribution in [0.3, 0.4) is 0 Å². The number of carbonyl (C=O) groups excluding carboxylic acids is 2. The van der Waals surface area contributed by atoms with Crippen molar-refractivity contribution in [1.29, 1.82) is 0 Å². The van der Waals surface area contributed by atoms with E-state index in [1.807, 2.05) is 12.1 Å². The van der Waals surface area contributed by atoms with Crippen LogP contribution in [0, 0.1) is 0 Å². The Hall–Kier alpha value is -2.31. The van der Waals surface area contributed by atoms with Crippen molar-refractivity contribution in [1.82, 2.24) is 10.3 Å². The van der Waals surface area contributed by atoms with Crippen molar-refractivity contribution in [3.05, 3.63) is 23.9 Å². The number of amides is 1. The fraction of sp³-hybridized carbons (Fsp3) is 0.588. The van der Waals surface area contributed by atoms with Crippen molar-refractivity contribution in [2.24, 2.45) is 0 Å². The third kappa shape index (κ3) is 4.37. The Labute approximate surface area is 141 Å². The number of hydrogen-bond donors (Lipinski definition) is 2. The summed E-state index contributed by atoms with van der Waals surface area (Å²) in [4.78, 5) is 28.2. The number of pyridine rings is 1. The highest BCUT2D eigenvalue weighted by Crippen LogP contribution is 2.53. The lowest BCUT2D eigenvalue weighted by atomic mass is 9.89. The minimum atomic E-state index is -0.799. The molecule has 1 unspecified atom stereocenters. The number of anilines is 1. The fourth-order valence-electron chi connectivity index (χ4n) is 2.78. The van der Waals surface area contributed by atoms with Gasteiger partial charge in [-0.15, -0.1) is 0 Å². The van der Waals surface area contributed by atoms with E-state index in [9.17, 15) is 9.59 Å². The maximum Gasteiger partial charge on any atom is 0.408 e. The molecule has 7 heteroatoms. The second kappa shape index (κ2) is 6.67. The Bertz CT molecular complexity index is 621. The van der Waals surface area contributed by atoms with E-state index in [4.69, 9.17) is 15.2 Å². The van der Waals surface area contributed by atoms with E-state index in [0.29, 0.717) is 12.2 Å². The maximum atomic E-state index is 12.1. The number of methoxy groups -OCH3 is 1. The first-order valence-electron chi connectivity index (χ1n) is 7.95. The van der Waals surface area contributed by atoms with Crippen LogP contribution < -0.4 is 11.1 Å². The number of nitrogens with zero attached hydrogens (tertiary/aromatic N) is 1. The number of hydrogen-bond acceptors (Lipinski definition) is 6. The topological polar surface area (TPSA) is 104 Å². The molecule has 0 spiro atoms. The van der Waals surface area contributed by atoms with E-state index < -0.39 is 23.7 Å². The van der Waals surface area contributed by atoms with Gasteiger partial charge in [-0.3, -0.25) is 0 Å². The summed E-state index contributed by atoms with van der Waals surface area (Å²) in [6.45, 7) is 5.29. The molecule has 1 aromatic heterocycles. The predicted octanol–water partition coefficient (Wildman–Crippen LogP) is 2.15. The van der Waals surface area contributed by atoms with Crippen LogP contribution in [-0.2, 0) is 19.7 Å². The summed E-state index contributed by atoms with van der Waals surface area (Å²) in [7, 11) is 1.30. The molecule has 0 aliphatic heterocycles. The van der Waals surface area contributed by atoms with Crippen LogP contribution in [0.4, 0.5) is 10.6 Å². The second-order valence-electron chi connectivity index (χ2n) is 7.14. The quantitative estimate of drug-likeness (QED) is 0.799. The Morgan fingerprint density at radius 1 is 1.42 bits per heavy atom. The van der Waals surface area contributed by atoms with Crippen molar-refractivity contribution in [2.45, 2.75) is 57.1 Å². The second-order valence-corrected chi connectivity index (χ2v) is 7.14. The number of nitrogens with two attached hydrogens (primary N) is 1. The first-order chi connectivity index (χ1) is 11.2. The minimum Gasteiger partial charge on any atom is -0.467 e. The molecule has 1 heterocycles. The van der Waals surface area contributed by atoms with Crippen molar-refractivity contribution >= 4 is 17.9 Å². The van der Waals surface area contributed by atoms with Gasteiger partial charge in [0.2, 0.25) is 0 Å². The van der Waals surface area contributed by atoms with Crippen molar-refractivity contribution in [3.8, 4) is 0 Å². The number of rotatable bonds is 5. The van der Waals surface area contributed by atoms with Crippen LogP contribution in [0.15, 0.2) is 18.3 Å². The largest absolute Gasteiger partial charge is 0.467 e. The van der Waals surface area contributed by atoms with Crippen LogP contribution in [0.25, 0.3) is 0 Å². The van der Waals surface area contributed by atoms with Crippen LogP contribution >= 0.6 is 0 Å². The number of alkyl carbamates (subject to hydrolysis) is 1. The van der Waals surface area contributed by atoms with Gasteiger partial charge in [0.15, 0.2) is 0 Å². The molecule has 24 heavy (non-hydrogen) atoms. The average Bonchev–Trinajstić information content (AvgIpc) is 3.25. The van der Waals surface area contributed by atoms with Crippen molar-refractivity contribution in [2.75, 3.05) is 12.8 Å². The number of nitrogen functional groups attached to an aromatic ring is 1. The first kappa shape index (κ1) is 18.0. The molecule has 1 aromatic rings. The highest BCUT2D eigenvalue weighted by atomic mass is 16.6. The van der Waals surface area contributed by atoms with Gasteiger partial charge in [-0.25, -0.2) is 14.6 Å². The summed E-state index contributed by atoms with van der Waals surface area (Å²) in [6.07, 6.45) is 3.15. The minimum absolute atomic E-state index is 0.258. The van der Waals surface area contributed by atoms with Gasteiger partial charge in [-0.05, 0) is 46.1 Å². The highest BCUT2D eigenvalue weighted by molar-refractivity contribution is 5.81. The highest BCUT2D eigenvalue weighted by Gasteiger charge is 2.49. The number of nitrogens with one attached hydrogen (secondary N) is 1. The molecule has 1 aliphatic carbocycles. The zero-order valence-electron chi connectivity index (χ0n) is 14.6. The molecule has 1 aliphatic rings. The van der Waals surface area contributed by atoms with Crippen LogP contribution in [0.5, 0.6) is 0 Å². The lowest BCUT2D eigenvalue weighted by molar-refractivity contribution is -0.143. The van der Waals surface area contributed by atoms with E-state index in [0.717, 1.165) is 18.4 Å². The van der Waals surface area contributed by atoms with Gasteiger partial charge in [0.05, 0.1) is 7.11 Å². The number of carbonyl (C=O) groups is 2. The molecular weight excluding hydrogens is 310 g/mol. The summed E-state index contributed by atoms with van der Waals surface area (Å²) in [5.74, 6) is -0.0505. The summed E-state index contributed by atoms with van der Waals surface area (Å²) in [5, 5.41) is 2.61. The lowest BCUT2D eigenvalue weighted by Crippen LogP contribution is -2.45. The van der Waals surface area contributed by atoms with E-state index in [1.54, 1.807) is 27.0 Å². The van der Waals surface area contributed by atoms with Crippen LogP contribution in [0.1, 0.15) is 45.6 Å². The van der Waals surface area contributed by atoms with Crippen molar-refractivity contribution < 1.29 is 19.1 Å². The summed E-state index contributed by atoms with van der Waals surface area (Å²) < 4.78 is 10.1. The summed E-state index contributed by atoms with van der Waals surface area (Å²) in [6, 6.07) is 2.93. The average molecular weight is 335 g/mol.